The van der Waals surface area contributed by atoms with Gasteiger partial charge in [0.05, 0.1) is 12.7 Å². The molecule has 0 fully saturated rings. The van der Waals surface area contributed by atoms with Crippen molar-refractivity contribution in [1.82, 2.24) is 0 Å². The van der Waals surface area contributed by atoms with Gasteiger partial charge in [0, 0.05) is 12.8 Å². The number of aliphatic hydroxyl groups excluding tert-OH is 1. The van der Waals surface area contributed by atoms with Gasteiger partial charge in [0.2, 0.25) is 0 Å². The zero-order chi connectivity index (χ0) is 35.7. The maximum atomic E-state index is 12.3. The van der Waals surface area contributed by atoms with Crippen LogP contribution >= 0.6 is 7.82 Å². The molecule has 0 rings (SSSR count). The van der Waals surface area contributed by atoms with E-state index in [1.807, 2.05) is 24.3 Å². The zero-order valence-electron chi connectivity index (χ0n) is 30.1. The number of esters is 2. The van der Waals surface area contributed by atoms with Gasteiger partial charge in [-0.05, 0) is 50.9 Å². The predicted molar refractivity (Wildman–Crippen MR) is 194 cm³/mol. The van der Waals surface area contributed by atoms with Gasteiger partial charge in [0.25, 0.3) is 0 Å². The van der Waals surface area contributed by atoms with Crippen molar-refractivity contribution in [2.45, 2.75) is 161 Å². The van der Waals surface area contributed by atoms with Crippen LogP contribution < -0.4 is 0 Å². The molecule has 0 aromatic carbocycles. The predicted octanol–water partition coefficient (Wildman–Crippen LogP) is 9.61. The first-order valence-electron chi connectivity index (χ1n) is 18.4. The summed E-state index contributed by atoms with van der Waals surface area (Å²) < 4.78 is 26.2. The molecule has 0 radical (unpaired) electrons. The maximum Gasteiger partial charge on any atom is 0.469 e. The standard InChI is InChI=1S/C38H67O9P/c1-4-5-28-35(39)29-24-20-16-12-8-6-7-9-13-18-22-26-31-38(41)47-36(33-46-48(42,43)44)32-45-37(40)30-25-21-17-14-10-11-15-19-23-27-34(2)3/h6-7,12-13,16,18,24,29,34-36,39H,4-5,8-11,14-15,17,19-23,25-28,30-33H2,1-3H3,(H2,42,43,44)/b7-6-,16-12-,18-13-,29-24-/t35-,36-/m1/s1. The molecule has 0 saturated heterocycles. The fourth-order valence-corrected chi connectivity index (χ4v) is 5.16. The Bertz CT molecular complexity index is 952. The third kappa shape index (κ3) is 35.3. The Kier molecular flexibility index (Phi) is 30.8. The van der Waals surface area contributed by atoms with E-state index in [0.717, 1.165) is 63.7 Å². The van der Waals surface area contributed by atoms with Crippen LogP contribution in [0.4, 0.5) is 0 Å². The van der Waals surface area contributed by atoms with Crippen LogP contribution in [0, 0.1) is 5.92 Å². The summed E-state index contributed by atoms with van der Waals surface area (Å²) in [7, 11) is -4.77. The number of unbranched alkanes of at least 4 members (excludes halogenated alkanes) is 10. The minimum atomic E-state index is -4.77. The van der Waals surface area contributed by atoms with Crippen LogP contribution in [-0.4, -0.2) is 52.3 Å². The van der Waals surface area contributed by atoms with Crippen molar-refractivity contribution < 1.29 is 43.0 Å². The van der Waals surface area contributed by atoms with Gasteiger partial charge >= 0.3 is 19.8 Å². The fraction of sp³-hybridized carbons (Fsp3) is 0.737. The van der Waals surface area contributed by atoms with E-state index in [1.165, 1.54) is 38.5 Å². The Morgan fingerprint density at radius 2 is 1.21 bits per heavy atom. The summed E-state index contributed by atoms with van der Waals surface area (Å²) in [5.74, 6) is -0.196. The number of allylic oxidation sites excluding steroid dienone is 7. The Morgan fingerprint density at radius 1 is 0.667 bits per heavy atom. The molecule has 0 bridgehead atoms. The van der Waals surface area contributed by atoms with Gasteiger partial charge in [0.15, 0.2) is 6.10 Å². The second-order valence-electron chi connectivity index (χ2n) is 12.8. The summed E-state index contributed by atoms with van der Waals surface area (Å²) in [5, 5.41) is 9.77. The molecule has 0 saturated carbocycles. The molecule has 0 aromatic rings. The van der Waals surface area contributed by atoms with E-state index in [4.69, 9.17) is 19.3 Å². The molecule has 0 aliphatic heterocycles. The van der Waals surface area contributed by atoms with Crippen LogP contribution in [0.3, 0.4) is 0 Å². The number of hydrogen-bond donors (Lipinski definition) is 3. The van der Waals surface area contributed by atoms with Crippen LogP contribution in [0.5, 0.6) is 0 Å². The van der Waals surface area contributed by atoms with Crippen molar-refractivity contribution in [2.24, 2.45) is 5.92 Å². The van der Waals surface area contributed by atoms with Crippen molar-refractivity contribution >= 4 is 19.8 Å². The van der Waals surface area contributed by atoms with Gasteiger partial charge in [-0.3, -0.25) is 14.1 Å². The Hall–Kier alpha value is -2.03. The quantitative estimate of drug-likeness (QED) is 0.0271. The highest BCUT2D eigenvalue weighted by Gasteiger charge is 2.22. The molecule has 2 atom stereocenters. The normalized spacial score (nSPS) is 13.8. The van der Waals surface area contributed by atoms with Crippen molar-refractivity contribution in [2.75, 3.05) is 13.2 Å². The number of carbonyl (C=O) groups excluding carboxylic acids is 2. The van der Waals surface area contributed by atoms with Crippen LogP contribution in [0.2, 0.25) is 0 Å². The van der Waals surface area contributed by atoms with E-state index in [-0.39, 0.29) is 25.6 Å². The lowest BCUT2D eigenvalue weighted by atomic mass is 10.0. The molecular weight excluding hydrogens is 631 g/mol. The van der Waals surface area contributed by atoms with Crippen molar-refractivity contribution in [3.63, 3.8) is 0 Å². The molecule has 0 heterocycles. The average molecular weight is 699 g/mol. The Labute approximate surface area is 291 Å². The number of rotatable bonds is 32. The number of carbonyl (C=O) groups is 2. The molecule has 0 aliphatic carbocycles. The third-order valence-corrected chi connectivity index (χ3v) is 8.08. The molecule has 9 nitrogen and oxygen atoms in total. The van der Waals surface area contributed by atoms with Crippen molar-refractivity contribution in [1.29, 1.82) is 0 Å². The highest BCUT2D eigenvalue weighted by molar-refractivity contribution is 7.46. The van der Waals surface area contributed by atoms with Crippen molar-refractivity contribution in [3.05, 3.63) is 48.6 Å². The molecule has 0 aliphatic rings. The Morgan fingerprint density at radius 3 is 1.79 bits per heavy atom. The van der Waals surface area contributed by atoms with Gasteiger partial charge in [-0.2, -0.15) is 0 Å². The minimum Gasteiger partial charge on any atom is -0.462 e. The molecule has 3 N–H and O–H groups in total. The van der Waals surface area contributed by atoms with E-state index in [2.05, 4.69) is 49.6 Å². The molecule has 0 unspecified atom stereocenters. The van der Waals surface area contributed by atoms with Gasteiger partial charge < -0.3 is 24.4 Å². The van der Waals surface area contributed by atoms with E-state index in [0.29, 0.717) is 19.3 Å². The second kappa shape index (κ2) is 32.2. The highest BCUT2D eigenvalue weighted by Crippen LogP contribution is 2.36. The van der Waals surface area contributed by atoms with E-state index in [9.17, 15) is 19.3 Å². The van der Waals surface area contributed by atoms with E-state index >= 15 is 0 Å². The first-order chi connectivity index (χ1) is 23.0. The molecule has 48 heavy (non-hydrogen) atoms. The summed E-state index contributed by atoms with van der Waals surface area (Å²) in [6.07, 6.45) is 33.3. The lowest BCUT2D eigenvalue weighted by molar-refractivity contribution is -0.161. The first-order valence-corrected chi connectivity index (χ1v) is 19.9. The average Bonchev–Trinajstić information content (AvgIpc) is 3.03. The summed E-state index contributed by atoms with van der Waals surface area (Å²) >= 11 is 0. The van der Waals surface area contributed by atoms with Crippen LogP contribution in [0.1, 0.15) is 149 Å². The van der Waals surface area contributed by atoms with Crippen LogP contribution in [0.15, 0.2) is 48.6 Å². The van der Waals surface area contributed by atoms with Gasteiger partial charge in [-0.25, -0.2) is 4.57 Å². The second-order valence-corrected chi connectivity index (χ2v) is 14.1. The topological polar surface area (TPSA) is 140 Å². The van der Waals surface area contributed by atoms with E-state index < -0.39 is 32.5 Å². The van der Waals surface area contributed by atoms with E-state index in [1.54, 1.807) is 0 Å². The SMILES string of the molecule is CCCC[C@@H](O)/C=C\C/C=C\C/C=C\C/C=C\CCCC(=O)O[C@H](COC(=O)CCCCCCCCCCCC(C)C)COP(=O)(O)O. The molecule has 0 aromatic heterocycles. The number of ether oxygens (including phenoxy) is 2. The fourth-order valence-electron chi connectivity index (χ4n) is 4.80. The smallest absolute Gasteiger partial charge is 0.462 e. The third-order valence-electron chi connectivity index (χ3n) is 7.60. The zero-order valence-corrected chi connectivity index (χ0v) is 31.0. The molecule has 0 spiro atoms. The van der Waals surface area contributed by atoms with Crippen LogP contribution in [-0.2, 0) is 28.2 Å². The summed E-state index contributed by atoms with van der Waals surface area (Å²) in [6, 6.07) is 0. The monoisotopic (exact) mass is 698 g/mol. The van der Waals surface area contributed by atoms with Gasteiger partial charge in [0.1, 0.15) is 6.61 Å². The lowest BCUT2D eigenvalue weighted by Gasteiger charge is -2.18. The minimum absolute atomic E-state index is 0.118. The number of aliphatic hydroxyl groups is 1. The number of phosphoric ester groups is 1. The largest absolute Gasteiger partial charge is 0.469 e. The van der Waals surface area contributed by atoms with Crippen molar-refractivity contribution in [3.8, 4) is 0 Å². The Balaban J connectivity index is 4.13. The van der Waals surface area contributed by atoms with Crippen LogP contribution in [0.25, 0.3) is 0 Å². The first kappa shape index (κ1) is 46.0. The van der Waals surface area contributed by atoms with Gasteiger partial charge in [-0.15, -0.1) is 0 Å². The number of hydrogen-bond acceptors (Lipinski definition) is 7. The number of phosphoric acid groups is 1. The maximum absolute atomic E-state index is 12.3. The summed E-state index contributed by atoms with van der Waals surface area (Å²) in [4.78, 5) is 42.6. The summed E-state index contributed by atoms with van der Waals surface area (Å²) in [5.41, 5.74) is 0. The summed E-state index contributed by atoms with van der Waals surface area (Å²) in [6.45, 7) is 5.75. The van der Waals surface area contributed by atoms with Gasteiger partial charge in [-0.1, -0.05) is 140 Å². The molecule has 0 amide bonds. The molecule has 278 valence electrons. The molecular formula is C38H67O9P. The molecule has 10 heteroatoms. The highest BCUT2D eigenvalue weighted by atomic mass is 31.2. The lowest BCUT2D eigenvalue weighted by Crippen LogP contribution is -2.29.